The quantitative estimate of drug-likeness (QED) is 0.237. The lowest BCUT2D eigenvalue weighted by Crippen LogP contribution is -1.92. The third-order valence-electron chi connectivity index (χ3n) is 4.84. The van der Waals surface area contributed by atoms with Crippen LogP contribution >= 0.6 is 0 Å². The molecule has 1 aliphatic rings. The van der Waals surface area contributed by atoms with Gasteiger partial charge in [-0.3, -0.25) is 0 Å². The summed E-state index contributed by atoms with van der Waals surface area (Å²) in [5.41, 5.74) is 4.51. The molecule has 0 amide bonds. The molecule has 0 spiro atoms. The summed E-state index contributed by atoms with van der Waals surface area (Å²) in [6.45, 7) is 31.5. The van der Waals surface area contributed by atoms with E-state index in [1.54, 1.807) is 11.1 Å². The molecule has 1 rings (SSSR count). The van der Waals surface area contributed by atoms with E-state index in [0.717, 1.165) is 12.3 Å². The largest absolute Gasteiger partial charge is 0.412 e. The van der Waals surface area contributed by atoms with Gasteiger partial charge in [0.2, 0.25) is 0 Å². The lowest BCUT2D eigenvalue weighted by Gasteiger charge is -2.12. The van der Waals surface area contributed by atoms with Gasteiger partial charge in [-0.2, -0.15) is 0 Å². The fraction of sp³-hybridized carbons (Fsp3) is 0.812. The summed E-state index contributed by atoms with van der Waals surface area (Å²) in [7, 11) is 0. The van der Waals surface area contributed by atoms with Crippen molar-refractivity contribution in [2.45, 2.75) is 167 Å². The van der Waals surface area contributed by atoms with Crippen molar-refractivity contribution >= 4 is 0 Å². The molecule has 0 saturated heterocycles. The topological polar surface area (TPSA) is 31.5 Å². The molecule has 0 unspecified atom stereocenters. The van der Waals surface area contributed by atoms with Crippen LogP contribution in [0.3, 0.4) is 0 Å². The van der Waals surface area contributed by atoms with Crippen molar-refractivity contribution in [2.75, 3.05) is 0 Å². The van der Waals surface area contributed by atoms with E-state index in [1.807, 2.05) is 34.6 Å². The van der Waals surface area contributed by atoms with Crippen LogP contribution in [0, 0.1) is 5.92 Å². The van der Waals surface area contributed by atoms with E-state index >= 15 is 0 Å². The average Bonchev–Trinajstić information content (AvgIpc) is 2.83. The third-order valence-corrected chi connectivity index (χ3v) is 4.84. The second-order valence-electron chi connectivity index (χ2n) is 8.45. The average molecular weight is 471 g/mol. The predicted molar refractivity (Wildman–Crippen MR) is 162 cm³/mol. The Morgan fingerprint density at radius 3 is 1.42 bits per heavy atom. The standard InChI is InChI=1S/C11H18.C8H18.C5H10.C4H10.2C2H6.H2O/c1-3-5-11-8-6-10(4-2)7-9-11;1-4-5-6-7-8(2)3;1-4-5(2)3;1-3-4-2;2*1-2;/h6,8H,3-5,7,9H2,1-2H3;8H,4-7H2,1-3H3;2,4H2,1,3H3;3-4H2,1-2H3;2*1-2H3;1H2. The van der Waals surface area contributed by atoms with E-state index in [1.165, 1.54) is 76.2 Å². The first-order valence-electron chi connectivity index (χ1n) is 14.3. The molecular formula is C32H70O. The zero-order chi connectivity index (χ0) is 26.2. The Bertz CT molecular complexity index is 372. The van der Waals surface area contributed by atoms with Crippen molar-refractivity contribution in [3.8, 4) is 0 Å². The van der Waals surface area contributed by atoms with Crippen LogP contribution in [-0.2, 0) is 0 Å². The van der Waals surface area contributed by atoms with Crippen LogP contribution in [0.5, 0.6) is 0 Å². The van der Waals surface area contributed by atoms with E-state index < -0.39 is 0 Å². The molecule has 204 valence electrons. The lowest BCUT2D eigenvalue weighted by molar-refractivity contribution is 0.534. The van der Waals surface area contributed by atoms with E-state index in [4.69, 9.17) is 0 Å². The van der Waals surface area contributed by atoms with Gasteiger partial charge in [-0.1, -0.05) is 157 Å². The molecule has 1 aliphatic carbocycles. The number of allylic oxidation sites excluding steroid dienone is 5. The monoisotopic (exact) mass is 471 g/mol. The summed E-state index contributed by atoms with van der Waals surface area (Å²) in [5.74, 6) is 0.904. The smallest absolute Gasteiger partial charge is 0.0280 e. The molecule has 0 bridgehead atoms. The Morgan fingerprint density at radius 2 is 1.18 bits per heavy atom. The summed E-state index contributed by atoms with van der Waals surface area (Å²) in [6.07, 6.45) is 20.4. The van der Waals surface area contributed by atoms with E-state index in [0.29, 0.717) is 0 Å². The number of hydrogen-bond donors (Lipinski definition) is 0. The van der Waals surface area contributed by atoms with E-state index in [2.05, 4.69) is 74.1 Å². The minimum absolute atomic E-state index is 0. The maximum atomic E-state index is 3.67. The minimum Gasteiger partial charge on any atom is -0.412 e. The molecule has 0 saturated carbocycles. The lowest BCUT2D eigenvalue weighted by atomic mass is 9.94. The summed E-state index contributed by atoms with van der Waals surface area (Å²) >= 11 is 0. The molecule has 0 aromatic heterocycles. The van der Waals surface area contributed by atoms with Gasteiger partial charge >= 0.3 is 0 Å². The molecule has 0 atom stereocenters. The Morgan fingerprint density at radius 1 is 0.758 bits per heavy atom. The van der Waals surface area contributed by atoms with Crippen LogP contribution in [0.4, 0.5) is 0 Å². The molecule has 0 aromatic rings. The molecule has 0 radical (unpaired) electrons. The van der Waals surface area contributed by atoms with E-state index in [9.17, 15) is 0 Å². The first kappa shape index (κ1) is 45.6. The van der Waals surface area contributed by atoms with Crippen molar-refractivity contribution in [3.63, 3.8) is 0 Å². The Kier molecular flexibility index (Phi) is 62.0. The van der Waals surface area contributed by atoms with Crippen LogP contribution in [0.15, 0.2) is 35.5 Å². The molecule has 0 aliphatic heterocycles. The second kappa shape index (κ2) is 44.8. The first-order valence-corrected chi connectivity index (χ1v) is 14.3. The molecule has 1 heteroatoms. The Hall–Kier alpha value is -0.820. The van der Waals surface area contributed by atoms with Gasteiger partial charge in [-0.25, -0.2) is 0 Å². The first-order chi connectivity index (χ1) is 15.3. The highest BCUT2D eigenvalue weighted by molar-refractivity contribution is 5.23. The van der Waals surface area contributed by atoms with Crippen molar-refractivity contribution < 1.29 is 5.48 Å². The predicted octanol–water partition coefficient (Wildman–Crippen LogP) is 12.1. The Balaban J connectivity index is -0.0000000736. The molecule has 2 N–H and O–H groups in total. The zero-order valence-corrected chi connectivity index (χ0v) is 25.9. The maximum Gasteiger partial charge on any atom is -0.0280 e. The number of rotatable bonds is 9. The molecule has 33 heavy (non-hydrogen) atoms. The van der Waals surface area contributed by atoms with Gasteiger partial charge in [-0.15, -0.1) is 6.58 Å². The van der Waals surface area contributed by atoms with Gasteiger partial charge < -0.3 is 5.48 Å². The highest BCUT2D eigenvalue weighted by Gasteiger charge is 2.03. The van der Waals surface area contributed by atoms with Gasteiger partial charge in [0, 0.05) is 0 Å². The van der Waals surface area contributed by atoms with Gasteiger partial charge in [-0.05, 0) is 44.9 Å². The minimum atomic E-state index is 0. The fourth-order valence-electron chi connectivity index (χ4n) is 2.35. The summed E-state index contributed by atoms with van der Waals surface area (Å²) in [4.78, 5) is 0. The van der Waals surface area contributed by atoms with Gasteiger partial charge in [0.05, 0.1) is 0 Å². The maximum absolute atomic E-state index is 3.67. The highest BCUT2D eigenvalue weighted by atomic mass is 16.0. The SMILES string of the molecule is C=C(C)CC.CC.CC.CCCC.CCCC1=CC=C(CC)CC1.CCCCCC(C)C.O. The van der Waals surface area contributed by atoms with Crippen molar-refractivity contribution in [2.24, 2.45) is 5.92 Å². The highest BCUT2D eigenvalue weighted by Crippen LogP contribution is 2.23. The molecule has 0 heterocycles. The number of hydrogen-bond acceptors (Lipinski definition) is 0. The van der Waals surface area contributed by atoms with Gasteiger partial charge in [0.15, 0.2) is 0 Å². The van der Waals surface area contributed by atoms with Gasteiger partial charge in [0.25, 0.3) is 0 Å². The molecule has 0 aromatic carbocycles. The summed E-state index contributed by atoms with van der Waals surface area (Å²) in [6, 6.07) is 0. The molecule has 0 fully saturated rings. The van der Waals surface area contributed by atoms with Crippen molar-refractivity contribution in [1.82, 2.24) is 0 Å². The van der Waals surface area contributed by atoms with Crippen molar-refractivity contribution in [1.29, 1.82) is 0 Å². The molecule has 1 nitrogen and oxygen atoms in total. The van der Waals surface area contributed by atoms with Crippen LogP contribution in [0.25, 0.3) is 0 Å². The summed E-state index contributed by atoms with van der Waals surface area (Å²) in [5, 5.41) is 0. The number of unbranched alkanes of at least 4 members (excludes halogenated alkanes) is 3. The van der Waals surface area contributed by atoms with Crippen LogP contribution in [0.2, 0.25) is 0 Å². The van der Waals surface area contributed by atoms with Gasteiger partial charge in [0.1, 0.15) is 0 Å². The second-order valence-corrected chi connectivity index (χ2v) is 8.45. The van der Waals surface area contributed by atoms with Crippen molar-refractivity contribution in [3.05, 3.63) is 35.5 Å². The van der Waals surface area contributed by atoms with Crippen LogP contribution in [0.1, 0.15) is 167 Å². The Labute approximate surface area is 213 Å². The molecular weight excluding hydrogens is 400 g/mol. The summed E-state index contributed by atoms with van der Waals surface area (Å²) < 4.78 is 0. The van der Waals surface area contributed by atoms with E-state index in [-0.39, 0.29) is 5.48 Å². The fourth-order valence-corrected chi connectivity index (χ4v) is 2.35. The van der Waals surface area contributed by atoms with Crippen LogP contribution < -0.4 is 0 Å². The normalized spacial score (nSPS) is 10.8. The third kappa shape index (κ3) is 54.0. The zero-order valence-electron chi connectivity index (χ0n) is 25.9. The van der Waals surface area contributed by atoms with Crippen LogP contribution in [-0.4, -0.2) is 5.48 Å².